The number of fused-ring (bicyclic) bond motifs is 1. The zero-order valence-corrected chi connectivity index (χ0v) is 17.3. The summed E-state index contributed by atoms with van der Waals surface area (Å²) in [6, 6.07) is 4.78. The zero-order valence-electron chi connectivity index (χ0n) is 14.5. The molecule has 1 heterocycles. The first-order valence-electron chi connectivity index (χ1n) is 7.89. The van der Waals surface area contributed by atoms with Crippen LogP contribution in [0.5, 0.6) is 0 Å². The van der Waals surface area contributed by atoms with Crippen LogP contribution in [0.3, 0.4) is 0 Å². The molecule has 6 nitrogen and oxygen atoms in total. The molecule has 1 aliphatic heterocycles. The molecule has 2 atom stereocenters. The maximum atomic E-state index is 12.3. The molecule has 0 spiro atoms. The number of carbonyl (C=O) groups is 3. The number of dihydropyridines is 1. The zero-order chi connectivity index (χ0) is 18.7. The normalized spacial score (nSPS) is 18.6. The summed E-state index contributed by atoms with van der Waals surface area (Å²) in [4.78, 5) is 39.5. The van der Waals surface area contributed by atoms with E-state index in [0.29, 0.717) is 16.3 Å². The van der Waals surface area contributed by atoms with Gasteiger partial charge in [-0.05, 0) is 42.3 Å². The first-order chi connectivity index (χ1) is 12.4. The number of carboxylic acid groups (broad SMARTS) is 1. The van der Waals surface area contributed by atoms with Gasteiger partial charge in [0.1, 0.15) is 0 Å². The van der Waals surface area contributed by atoms with E-state index in [1.165, 1.54) is 30.3 Å². The molecule has 2 amide bonds. The monoisotopic (exact) mass is 392 g/mol. The minimum atomic E-state index is -1.43. The van der Waals surface area contributed by atoms with Crippen LogP contribution in [0.4, 0.5) is 0 Å². The molecule has 0 radical (unpaired) electrons. The van der Waals surface area contributed by atoms with Crippen molar-refractivity contribution in [2.75, 3.05) is 0 Å². The Hall–Kier alpha value is -1.99. The van der Waals surface area contributed by atoms with Gasteiger partial charge in [-0.15, -0.1) is 0 Å². The predicted octanol–water partition coefficient (Wildman–Crippen LogP) is -1.77. The summed E-state index contributed by atoms with van der Waals surface area (Å²) in [6.07, 6.45) is 8.33. The molecule has 0 saturated carbocycles. The number of hydrogen-bond donors (Lipinski definition) is 1. The number of halogens is 1. The topological polar surface area (TPSA) is 98.7 Å². The summed E-state index contributed by atoms with van der Waals surface area (Å²) in [5.74, 6) is -2.73. The number of carbonyl (C=O) groups excluding carboxylic acids is 3. The van der Waals surface area contributed by atoms with Gasteiger partial charge in [0.25, 0.3) is 11.8 Å². The smallest absolute Gasteiger partial charge is 0.548 e. The molecule has 0 bridgehead atoms. The number of carboxylic acids is 1. The van der Waals surface area contributed by atoms with E-state index >= 15 is 0 Å². The number of benzene rings is 1. The molecular weight excluding hydrogens is 379 g/mol. The third-order valence-electron chi connectivity index (χ3n) is 4.08. The Morgan fingerprint density at radius 2 is 1.93 bits per heavy atom. The van der Waals surface area contributed by atoms with Crippen LogP contribution >= 0.6 is 11.6 Å². The number of rotatable bonds is 5. The van der Waals surface area contributed by atoms with Crippen molar-refractivity contribution in [3.05, 3.63) is 70.8 Å². The van der Waals surface area contributed by atoms with E-state index in [2.05, 4.69) is 10.3 Å². The maximum Gasteiger partial charge on any atom is 1.00 e. The average Bonchev–Trinajstić information content (AvgIpc) is 2.61. The number of nitrogens with one attached hydrogen (secondary N) is 1. The number of allylic oxidation sites excluding steroid dienone is 4. The molecule has 0 aromatic heterocycles. The number of aliphatic imine (C=N–C) groups is 1. The molecule has 1 aromatic carbocycles. The van der Waals surface area contributed by atoms with E-state index < -0.39 is 23.8 Å². The summed E-state index contributed by atoms with van der Waals surface area (Å²) in [5.41, 5.74) is 1.39. The standard InChI is InChI=1S/C19H15ClN2O4.Na/c20-13-7-5-11(6-8-13)18(24)22-16(19(25)26)9-12-10-17(23)21-15-4-2-1-3-14(12)15;/h1-8,10,14,16H,9H2,(H,22,24)(H,25,26);/q;+1/p-1. The maximum absolute atomic E-state index is 12.3. The fraction of sp³-hybridized carbons (Fsp3) is 0.158. The van der Waals surface area contributed by atoms with Gasteiger partial charge in [-0.2, -0.15) is 0 Å². The van der Waals surface area contributed by atoms with E-state index in [1.54, 1.807) is 18.2 Å². The van der Waals surface area contributed by atoms with Crippen LogP contribution in [0, 0.1) is 5.92 Å². The molecule has 1 N–H and O–H groups in total. The van der Waals surface area contributed by atoms with Gasteiger partial charge in [-0.1, -0.05) is 29.8 Å². The van der Waals surface area contributed by atoms with E-state index in [-0.39, 0.29) is 47.5 Å². The summed E-state index contributed by atoms with van der Waals surface area (Å²) >= 11 is 5.78. The second kappa shape index (κ2) is 9.28. The summed E-state index contributed by atoms with van der Waals surface area (Å²) in [5, 5.41) is 14.4. The fourth-order valence-corrected chi connectivity index (χ4v) is 2.94. The molecule has 27 heavy (non-hydrogen) atoms. The molecule has 2 unspecified atom stereocenters. The minimum absolute atomic E-state index is 0. The van der Waals surface area contributed by atoms with Crippen LogP contribution < -0.4 is 40.0 Å². The molecule has 0 fully saturated rings. The van der Waals surface area contributed by atoms with Crippen molar-refractivity contribution in [1.82, 2.24) is 5.32 Å². The van der Waals surface area contributed by atoms with Crippen molar-refractivity contribution < 1.29 is 49.0 Å². The van der Waals surface area contributed by atoms with Crippen molar-refractivity contribution in [3.63, 3.8) is 0 Å². The van der Waals surface area contributed by atoms with Gasteiger partial charge in [-0.25, -0.2) is 4.99 Å². The molecule has 1 aliphatic carbocycles. The Labute approximate surface area is 183 Å². The van der Waals surface area contributed by atoms with E-state index in [1.807, 2.05) is 6.08 Å². The number of hydrogen-bond acceptors (Lipinski definition) is 4. The van der Waals surface area contributed by atoms with Gasteiger partial charge >= 0.3 is 29.6 Å². The van der Waals surface area contributed by atoms with Crippen LogP contribution in [0.15, 0.2) is 65.2 Å². The molecule has 2 aliphatic rings. The van der Waals surface area contributed by atoms with Gasteiger partial charge in [-0.3, -0.25) is 9.59 Å². The van der Waals surface area contributed by atoms with Gasteiger partial charge in [0.2, 0.25) is 0 Å². The van der Waals surface area contributed by atoms with Crippen molar-refractivity contribution in [2.24, 2.45) is 10.9 Å². The van der Waals surface area contributed by atoms with Gasteiger partial charge < -0.3 is 15.2 Å². The van der Waals surface area contributed by atoms with Crippen molar-refractivity contribution in [2.45, 2.75) is 12.5 Å². The van der Waals surface area contributed by atoms with Gasteiger partial charge in [0, 0.05) is 22.6 Å². The first-order valence-corrected chi connectivity index (χ1v) is 8.27. The summed E-state index contributed by atoms with van der Waals surface area (Å²) in [6.45, 7) is 0. The SMILES string of the molecule is O=C1C=C(CC(NC(=O)c2ccc(Cl)cc2)C(=O)[O-])C2C=CC=CC2=N1.[Na+]. The number of aliphatic carboxylic acids is 1. The Kier molecular flexibility index (Phi) is 7.33. The van der Waals surface area contributed by atoms with E-state index in [9.17, 15) is 19.5 Å². The summed E-state index contributed by atoms with van der Waals surface area (Å²) < 4.78 is 0. The molecule has 0 saturated heterocycles. The van der Waals surface area contributed by atoms with Crippen molar-refractivity contribution in [3.8, 4) is 0 Å². The van der Waals surface area contributed by atoms with Crippen molar-refractivity contribution >= 4 is 35.1 Å². The van der Waals surface area contributed by atoms with Crippen LogP contribution in [-0.4, -0.2) is 29.5 Å². The van der Waals surface area contributed by atoms with Gasteiger partial charge in [0.05, 0.1) is 17.7 Å². The third-order valence-corrected chi connectivity index (χ3v) is 4.34. The van der Waals surface area contributed by atoms with E-state index in [0.717, 1.165) is 0 Å². The Morgan fingerprint density at radius 3 is 2.59 bits per heavy atom. The van der Waals surface area contributed by atoms with Crippen LogP contribution in [0.25, 0.3) is 0 Å². The first kappa shape index (κ1) is 21.3. The quantitative estimate of drug-likeness (QED) is 0.600. The molecule has 132 valence electrons. The van der Waals surface area contributed by atoms with Gasteiger partial charge in [0.15, 0.2) is 0 Å². The summed E-state index contributed by atoms with van der Waals surface area (Å²) in [7, 11) is 0. The fourth-order valence-electron chi connectivity index (χ4n) is 2.82. The van der Waals surface area contributed by atoms with Crippen LogP contribution in [0.2, 0.25) is 5.02 Å². The Balaban J connectivity index is 0.00000261. The van der Waals surface area contributed by atoms with Crippen LogP contribution in [-0.2, 0) is 9.59 Å². The second-order valence-electron chi connectivity index (χ2n) is 5.87. The largest absolute Gasteiger partial charge is 1.00 e. The minimum Gasteiger partial charge on any atom is -0.548 e. The van der Waals surface area contributed by atoms with Crippen LogP contribution in [0.1, 0.15) is 16.8 Å². The molecule has 3 rings (SSSR count). The number of amides is 2. The van der Waals surface area contributed by atoms with Crippen molar-refractivity contribution in [1.29, 1.82) is 0 Å². The molecule has 8 heteroatoms. The molecular formula is C19H14ClN2NaO4. The predicted molar refractivity (Wildman–Crippen MR) is 94.6 cm³/mol. The molecule has 1 aromatic rings. The Bertz CT molecular complexity index is 887. The average molecular weight is 393 g/mol. The third kappa shape index (κ3) is 5.26. The number of nitrogens with zero attached hydrogens (tertiary/aromatic N) is 1. The Morgan fingerprint density at radius 1 is 1.22 bits per heavy atom. The second-order valence-corrected chi connectivity index (χ2v) is 6.31. The van der Waals surface area contributed by atoms with E-state index in [4.69, 9.17) is 11.6 Å².